The Morgan fingerprint density at radius 3 is 2.45 bits per heavy atom. The number of halogens is 2. The van der Waals surface area contributed by atoms with Gasteiger partial charge in [0.15, 0.2) is 0 Å². The summed E-state index contributed by atoms with van der Waals surface area (Å²) in [6, 6.07) is 21.8. The van der Waals surface area contributed by atoms with Gasteiger partial charge in [-0.1, -0.05) is 35.9 Å². The first kappa shape index (κ1) is 19.8. The summed E-state index contributed by atoms with van der Waals surface area (Å²) in [5, 5.41) is 7.75. The standard InChI is InChI=1S/C23H20BrClN2O2/c1-28-17-11-12-18(23(13-17)29-2)22-14-20(15-7-9-16(25)10-8-15)26-27(22)21-6-4-3-5-19(21)24/h3-13,22H,14H2,1-2H3/t22-/m0/s1. The van der Waals surface area contributed by atoms with Crippen LogP contribution >= 0.6 is 27.5 Å². The first-order valence-electron chi connectivity index (χ1n) is 9.20. The number of methoxy groups -OCH3 is 2. The van der Waals surface area contributed by atoms with Gasteiger partial charge < -0.3 is 9.47 Å². The molecule has 0 saturated heterocycles. The predicted molar refractivity (Wildman–Crippen MR) is 122 cm³/mol. The molecule has 1 heterocycles. The topological polar surface area (TPSA) is 34.1 Å². The molecule has 29 heavy (non-hydrogen) atoms. The fourth-order valence-corrected chi connectivity index (χ4v) is 4.12. The fourth-order valence-electron chi connectivity index (χ4n) is 3.52. The minimum Gasteiger partial charge on any atom is -0.497 e. The molecule has 0 aliphatic carbocycles. The molecule has 0 radical (unpaired) electrons. The summed E-state index contributed by atoms with van der Waals surface area (Å²) in [7, 11) is 3.33. The molecule has 1 aliphatic heterocycles. The molecule has 4 nitrogen and oxygen atoms in total. The van der Waals surface area contributed by atoms with E-state index in [0.29, 0.717) is 5.02 Å². The maximum absolute atomic E-state index is 6.07. The molecule has 0 saturated carbocycles. The first-order valence-corrected chi connectivity index (χ1v) is 10.4. The van der Waals surface area contributed by atoms with Crippen molar-refractivity contribution < 1.29 is 9.47 Å². The molecule has 0 fully saturated rings. The lowest BCUT2D eigenvalue weighted by atomic mass is 9.97. The zero-order chi connectivity index (χ0) is 20.4. The lowest BCUT2D eigenvalue weighted by molar-refractivity contribution is 0.388. The molecular formula is C23H20BrClN2O2. The van der Waals surface area contributed by atoms with Crippen LogP contribution in [0.3, 0.4) is 0 Å². The summed E-state index contributed by atoms with van der Waals surface area (Å²) < 4.78 is 12.0. The summed E-state index contributed by atoms with van der Waals surface area (Å²) in [5.74, 6) is 1.54. The quantitative estimate of drug-likeness (QED) is 0.427. The Balaban J connectivity index is 1.80. The minimum atomic E-state index is -0.0137. The van der Waals surface area contributed by atoms with E-state index in [-0.39, 0.29) is 6.04 Å². The molecule has 1 aliphatic rings. The summed E-state index contributed by atoms with van der Waals surface area (Å²) >= 11 is 9.74. The van der Waals surface area contributed by atoms with Crippen LogP contribution in [0.5, 0.6) is 11.5 Å². The lowest BCUT2D eigenvalue weighted by Gasteiger charge is -2.26. The summed E-state index contributed by atoms with van der Waals surface area (Å²) in [6.07, 6.45) is 0.742. The van der Waals surface area contributed by atoms with Crippen molar-refractivity contribution in [3.8, 4) is 11.5 Å². The first-order chi connectivity index (χ1) is 14.1. The molecule has 0 unspecified atom stereocenters. The predicted octanol–water partition coefficient (Wildman–Crippen LogP) is 6.48. The van der Waals surface area contributed by atoms with Gasteiger partial charge in [0.05, 0.1) is 31.7 Å². The van der Waals surface area contributed by atoms with E-state index in [1.165, 1.54) is 0 Å². The monoisotopic (exact) mass is 470 g/mol. The molecule has 0 bridgehead atoms. The van der Waals surface area contributed by atoms with Crippen molar-refractivity contribution in [1.29, 1.82) is 0 Å². The molecule has 0 amide bonds. The van der Waals surface area contributed by atoms with Crippen molar-refractivity contribution in [2.75, 3.05) is 19.2 Å². The van der Waals surface area contributed by atoms with Crippen molar-refractivity contribution in [1.82, 2.24) is 0 Å². The van der Waals surface area contributed by atoms with Gasteiger partial charge in [0.1, 0.15) is 11.5 Å². The molecule has 0 aromatic heterocycles. The fraction of sp³-hybridized carbons (Fsp3) is 0.174. The van der Waals surface area contributed by atoms with Crippen LogP contribution in [0.1, 0.15) is 23.6 Å². The normalized spacial score (nSPS) is 15.9. The number of hydrazone groups is 1. The maximum Gasteiger partial charge on any atom is 0.127 e. The van der Waals surface area contributed by atoms with Crippen LogP contribution in [-0.4, -0.2) is 19.9 Å². The lowest BCUT2D eigenvalue weighted by Crippen LogP contribution is -2.19. The highest BCUT2D eigenvalue weighted by atomic mass is 79.9. The molecular weight excluding hydrogens is 452 g/mol. The van der Waals surface area contributed by atoms with Crippen LogP contribution in [-0.2, 0) is 0 Å². The number of benzene rings is 3. The Kier molecular flexibility index (Phi) is 5.79. The van der Waals surface area contributed by atoms with Crippen LogP contribution in [0.2, 0.25) is 5.02 Å². The number of ether oxygens (including phenoxy) is 2. The third-order valence-corrected chi connectivity index (χ3v) is 5.91. The average molecular weight is 472 g/mol. The highest BCUT2D eigenvalue weighted by Crippen LogP contribution is 2.43. The van der Waals surface area contributed by atoms with Crippen molar-refractivity contribution >= 4 is 38.9 Å². The van der Waals surface area contributed by atoms with Gasteiger partial charge in [0, 0.05) is 27.5 Å². The summed E-state index contributed by atoms with van der Waals surface area (Å²) in [5.41, 5.74) is 4.11. The number of para-hydroxylation sites is 1. The Morgan fingerprint density at radius 1 is 1.00 bits per heavy atom. The molecule has 0 N–H and O–H groups in total. The van der Waals surface area contributed by atoms with Gasteiger partial charge in [-0.2, -0.15) is 5.10 Å². The van der Waals surface area contributed by atoms with E-state index in [4.69, 9.17) is 26.2 Å². The van der Waals surface area contributed by atoms with Crippen LogP contribution < -0.4 is 14.5 Å². The third kappa shape index (κ3) is 3.98. The SMILES string of the molecule is COc1ccc([C@@H]2CC(c3ccc(Cl)cc3)=NN2c2ccccc2Br)c(OC)c1. The molecule has 4 rings (SSSR count). The second-order valence-corrected chi connectivity index (χ2v) is 7.97. The molecule has 1 atom stereocenters. The molecule has 3 aromatic rings. The Labute approximate surface area is 183 Å². The van der Waals surface area contributed by atoms with E-state index in [2.05, 4.69) is 27.0 Å². The largest absolute Gasteiger partial charge is 0.497 e. The maximum atomic E-state index is 6.07. The number of nitrogens with zero attached hydrogens (tertiary/aromatic N) is 2. The average Bonchev–Trinajstić information content (AvgIpc) is 3.19. The second kappa shape index (κ2) is 8.47. The van der Waals surface area contributed by atoms with E-state index in [9.17, 15) is 0 Å². The van der Waals surface area contributed by atoms with E-state index in [1.807, 2.05) is 60.7 Å². The second-order valence-electron chi connectivity index (χ2n) is 6.68. The minimum absolute atomic E-state index is 0.0137. The van der Waals surface area contributed by atoms with Crippen molar-refractivity contribution in [3.05, 3.63) is 87.4 Å². The van der Waals surface area contributed by atoms with Gasteiger partial charge in [-0.05, 0) is 57.9 Å². The molecule has 3 aromatic carbocycles. The van der Waals surface area contributed by atoms with E-state index >= 15 is 0 Å². The summed E-state index contributed by atoms with van der Waals surface area (Å²) in [6.45, 7) is 0. The van der Waals surface area contributed by atoms with Crippen LogP contribution in [0.25, 0.3) is 0 Å². The van der Waals surface area contributed by atoms with Gasteiger partial charge in [-0.3, -0.25) is 5.01 Å². The molecule has 148 valence electrons. The van der Waals surface area contributed by atoms with Crippen LogP contribution in [0.4, 0.5) is 5.69 Å². The smallest absolute Gasteiger partial charge is 0.127 e. The third-order valence-electron chi connectivity index (χ3n) is 4.99. The van der Waals surface area contributed by atoms with E-state index < -0.39 is 0 Å². The Morgan fingerprint density at radius 2 is 1.76 bits per heavy atom. The van der Waals surface area contributed by atoms with Gasteiger partial charge in [-0.15, -0.1) is 0 Å². The van der Waals surface area contributed by atoms with Crippen molar-refractivity contribution in [2.45, 2.75) is 12.5 Å². The Bertz CT molecular complexity index is 1050. The van der Waals surface area contributed by atoms with Crippen LogP contribution in [0.15, 0.2) is 76.3 Å². The van der Waals surface area contributed by atoms with Gasteiger partial charge in [-0.25, -0.2) is 0 Å². The number of rotatable bonds is 5. The van der Waals surface area contributed by atoms with Crippen LogP contribution in [0, 0.1) is 0 Å². The zero-order valence-corrected chi connectivity index (χ0v) is 18.4. The number of hydrogen-bond acceptors (Lipinski definition) is 4. The van der Waals surface area contributed by atoms with Crippen molar-refractivity contribution in [3.63, 3.8) is 0 Å². The van der Waals surface area contributed by atoms with Gasteiger partial charge >= 0.3 is 0 Å². The molecule has 0 spiro atoms. The van der Waals surface area contributed by atoms with E-state index in [1.54, 1.807) is 14.2 Å². The van der Waals surface area contributed by atoms with E-state index in [0.717, 1.165) is 44.9 Å². The molecule has 6 heteroatoms. The highest BCUT2D eigenvalue weighted by Gasteiger charge is 2.33. The van der Waals surface area contributed by atoms with Gasteiger partial charge in [0.2, 0.25) is 0 Å². The van der Waals surface area contributed by atoms with Gasteiger partial charge in [0.25, 0.3) is 0 Å². The van der Waals surface area contributed by atoms with Crippen molar-refractivity contribution in [2.24, 2.45) is 5.10 Å². The zero-order valence-electron chi connectivity index (χ0n) is 16.1. The Hall–Kier alpha value is -2.50. The number of anilines is 1. The number of hydrogen-bond donors (Lipinski definition) is 0. The summed E-state index contributed by atoms with van der Waals surface area (Å²) in [4.78, 5) is 0. The highest BCUT2D eigenvalue weighted by molar-refractivity contribution is 9.10.